The van der Waals surface area contributed by atoms with E-state index in [1.165, 1.54) is 6.07 Å². The third-order valence-electron chi connectivity index (χ3n) is 5.86. The summed E-state index contributed by atoms with van der Waals surface area (Å²) in [6.07, 6.45) is 1.02. The van der Waals surface area contributed by atoms with E-state index in [4.69, 9.17) is 0 Å². The summed E-state index contributed by atoms with van der Waals surface area (Å²) in [6.45, 7) is 5.42. The van der Waals surface area contributed by atoms with Gasteiger partial charge in [-0.15, -0.1) is 0 Å². The van der Waals surface area contributed by atoms with Crippen LogP contribution in [0.25, 0.3) is 11.0 Å². The molecule has 1 aromatic heterocycles. The van der Waals surface area contributed by atoms with Gasteiger partial charge in [0.15, 0.2) is 0 Å². The minimum Gasteiger partial charge on any atom is -0.345 e. The first-order valence-electron chi connectivity index (χ1n) is 10.5. The predicted octanol–water partition coefficient (Wildman–Crippen LogP) is 3.17. The van der Waals surface area contributed by atoms with E-state index in [2.05, 4.69) is 24.1 Å². The molecule has 0 bridgehead atoms. The molecule has 2 unspecified atom stereocenters. The monoisotopic (exact) mass is 440 g/mol. The number of nitrogens with one attached hydrogen (secondary N) is 1. The van der Waals surface area contributed by atoms with Gasteiger partial charge in [0.05, 0.1) is 22.5 Å². The van der Waals surface area contributed by atoms with Crippen LogP contribution in [0, 0.1) is 11.8 Å². The van der Waals surface area contributed by atoms with Gasteiger partial charge in [0.2, 0.25) is 10.0 Å². The molecule has 2 aromatic carbocycles. The van der Waals surface area contributed by atoms with Crippen molar-refractivity contribution in [2.24, 2.45) is 18.9 Å². The second-order valence-electron chi connectivity index (χ2n) is 8.55. The van der Waals surface area contributed by atoms with E-state index in [1.807, 2.05) is 35.9 Å². The molecule has 1 saturated heterocycles. The van der Waals surface area contributed by atoms with Crippen LogP contribution in [0.2, 0.25) is 0 Å². The summed E-state index contributed by atoms with van der Waals surface area (Å²) in [5.74, 6) is 1.04. The van der Waals surface area contributed by atoms with Gasteiger partial charge >= 0.3 is 0 Å². The number of fused-ring (bicyclic) bond motifs is 1. The van der Waals surface area contributed by atoms with Crippen LogP contribution in [0.4, 0.5) is 0 Å². The lowest BCUT2D eigenvalue weighted by Gasteiger charge is -2.34. The fourth-order valence-corrected chi connectivity index (χ4v) is 6.09. The Morgan fingerprint density at radius 3 is 2.52 bits per heavy atom. The molecule has 0 saturated carbocycles. The Hall–Kier alpha value is -2.71. The van der Waals surface area contributed by atoms with Crippen molar-refractivity contribution in [1.82, 2.24) is 19.2 Å². The van der Waals surface area contributed by atoms with Crippen LogP contribution in [-0.4, -0.2) is 41.3 Å². The molecule has 1 fully saturated rings. The van der Waals surface area contributed by atoms with Crippen molar-refractivity contribution >= 4 is 27.0 Å². The number of piperidine rings is 1. The molecule has 2 heterocycles. The number of rotatable bonds is 5. The van der Waals surface area contributed by atoms with E-state index >= 15 is 0 Å². The van der Waals surface area contributed by atoms with Gasteiger partial charge in [-0.05, 0) is 48.6 Å². The SMILES string of the molecule is CC1CC(C)CN(S(=O)(=O)c2cccc(C(=O)NCc3nc4ccccc4n3C)c2)C1. The van der Waals surface area contributed by atoms with Crippen molar-refractivity contribution in [3.8, 4) is 0 Å². The smallest absolute Gasteiger partial charge is 0.251 e. The highest BCUT2D eigenvalue weighted by Crippen LogP contribution is 2.27. The standard InChI is InChI=1S/C23H28N4O3S/c1-16-11-17(2)15-27(14-16)31(29,30)19-8-6-7-18(12-19)23(28)24-13-22-25-20-9-4-5-10-21(20)26(22)3/h4-10,12,16-17H,11,13-15H2,1-3H3,(H,24,28). The van der Waals surface area contributed by atoms with Gasteiger partial charge in [-0.25, -0.2) is 13.4 Å². The lowest BCUT2D eigenvalue weighted by Crippen LogP contribution is -2.42. The molecule has 4 rings (SSSR count). The van der Waals surface area contributed by atoms with Crippen LogP contribution < -0.4 is 5.32 Å². The van der Waals surface area contributed by atoms with Crippen LogP contribution in [-0.2, 0) is 23.6 Å². The number of nitrogens with zero attached hydrogens (tertiary/aromatic N) is 3. The van der Waals surface area contributed by atoms with Gasteiger partial charge < -0.3 is 9.88 Å². The minimum atomic E-state index is -3.64. The van der Waals surface area contributed by atoms with Crippen LogP contribution >= 0.6 is 0 Å². The van der Waals surface area contributed by atoms with E-state index in [1.54, 1.807) is 22.5 Å². The molecule has 8 heteroatoms. The van der Waals surface area contributed by atoms with Crippen molar-refractivity contribution in [2.45, 2.75) is 31.7 Å². The number of carbonyl (C=O) groups is 1. The quantitative estimate of drug-likeness (QED) is 0.660. The first-order valence-corrected chi connectivity index (χ1v) is 12.0. The fraction of sp³-hybridized carbons (Fsp3) is 0.391. The van der Waals surface area contributed by atoms with Crippen molar-refractivity contribution in [1.29, 1.82) is 0 Å². The topological polar surface area (TPSA) is 84.3 Å². The Balaban J connectivity index is 1.51. The van der Waals surface area contributed by atoms with Gasteiger partial charge in [0.25, 0.3) is 5.91 Å². The van der Waals surface area contributed by atoms with E-state index in [0.717, 1.165) is 23.3 Å². The number of sulfonamides is 1. The molecule has 3 aromatic rings. The average molecular weight is 441 g/mol. The Kier molecular flexibility index (Phi) is 5.85. The molecule has 1 N–H and O–H groups in total. The van der Waals surface area contributed by atoms with Crippen molar-refractivity contribution in [3.05, 3.63) is 59.9 Å². The summed E-state index contributed by atoms with van der Waals surface area (Å²) in [5, 5.41) is 2.86. The lowest BCUT2D eigenvalue weighted by molar-refractivity contribution is 0.0949. The molecule has 31 heavy (non-hydrogen) atoms. The van der Waals surface area contributed by atoms with Crippen LogP contribution in [0.3, 0.4) is 0 Å². The summed E-state index contributed by atoms with van der Waals surface area (Å²) in [6, 6.07) is 14.0. The predicted molar refractivity (Wildman–Crippen MR) is 120 cm³/mol. The summed E-state index contributed by atoms with van der Waals surface area (Å²) < 4.78 is 29.8. The molecule has 1 aliphatic heterocycles. The molecule has 1 aliphatic rings. The maximum absolute atomic E-state index is 13.2. The number of benzene rings is 2. The van der Waals surface area contributed by atoms with Crippen molar-refractivity contribution < 1.29 is 13.2 Å². The third-order valence-corrected chi connectivity index (χ3v) is 7.68. The van der Waals surface area contributed by atoms with Gasteiger partial charge in [-0.2, -0.15) is 4.31 Å². The first-order chi connectivity index (χ1) is 14.8. The van der Waals surface area contributed by atoms with Crippen molar-refractivity contribution in [2.75, 3.05) is 13.1 Å². The second-order valence-corrected chi connectivity index (χ2v) is 10.5. The first kappa shape index (κ1) is 21.5. The van der Waals surface area contributed by atoms with E-state index in [-0.39, 0.29) is 17.3 Å². The summed E-state index contributed by atoms with van der Waals surface area (Å²) in [7, 11) is -1.73. The Labute approximate surface area is 183 Å². The van der Waals surface area contributed by atoms with Gasteiger partial charge in [-0.1, -0.05) is 32.0 Å². The molecule has 2 atom stereocenters. The molecule has 7 nitrogen and oxygen atoms in total. The van der Waals surface area contributed by atoms with Gasteiger partial charge in [0, 0.05) is 25.7 Å². The minimum absolute atomic E-state index is 0.157. The number of carbonyl (C=O) groups excluding carboxylic acids is 1. The van der Waals surface area contributed by atoms with Gasteiger partial charge in [0.1, 0.15) is 5.82 Å². The number of aryl methyl sites for hydroxylation is 1. The zero-order valence-electron chi connectivity index (χ0n) is 18.1. The third kappa shape index (κ3) is 4.36. The highest BCUT2D eigenvalue weighted by molar-refractivity contribution is 7.89. The van der Waals surface area contributed by atoms with Crippen LogP contribution in [0.1, 0.15) is 36.5 Å². The Morgan fingerprint density at radius 1 is 1.10 bits per heavy atom. The van der Waals surface area contributed by atoms with E-state index < -0.39 is 10.0 Å². The molecule has 0 radical (unpaired) electrons. The van der Waals surface area contributed by atoms with E-state index in [0.29, 0.717) is 30.5 Å². The normalized spacial score (nSPS) is 20.1. The number of amides is 1. The number of hydrogen-bond acceptors (Lipinski definition) is 4. The molecule has 0 aliphatic carbocycles. The average Bonchev–Trinajstić information content (AvgIpc) is 3.07. The molecule has 1 amide bonds. The Morgan fingerprint density at radius 2 is 1.81 bits per heavy atom. The van der Waals surface area contributed by atoms with Crippen LogP contribution in [0.5, 0.6) is 0 Å². The number of para-hydroxylation sites is 2. The highest BCUT2D eigenvalue weighted by Gasteiger charge is 2.32. The van der Waals surface area contributed by atoms with Crippen LogP contribution in [0.15, 0.2) is 53.4 Å². The second kappa shape index (κ2) is 8.43. The maximum atomic E-state index is 13.2. The maximum Gasteiger partial charge on any atom is 0.251 e. The van der Waals surface area contributed by atoms with Crippen molar-refractivity contribution in [3.63, 3.8) is 0 Å². The van der Waals surface area contributed by atoms with Gasteiger partial charge in [-0.3, -0.25) is 4.79 Å². The summed E-state index contributed by atoms with van der Waals surface area (Å²) in [4.78, 5) is 17.5. The molecular formula is C23H28N4O3S. The highest BCUT2D eigenvalue weighted by atomic mass is 32.2. The summed E-state index contributed by atoms with van der Waals surface area (Å²) in [5.41, 5.74) is 2.18. The summed E-state index contributed by atoms with van der Waals surface area (Å²) >= 11 is 0. The molecule has 0 spiro atoms. The zero-order chi connectivity index (χ0) is 22.2. The van der Waals surface area contributed by atoms with E-state index in [9.17, 15) is 13.2 Å². The number of hydrogen-bond donors (Lipinski definition) is 1. The largest absolute Gasteiger partial charge is 0.345 e. The Bertz CT molecular complexity index is 1210. The number of imidazole rings is 1. The molecule has 164 valence electrons. The molecular weight excluding hydrogens is 412 g/mol. The number of aromatic nitrogens is 2. The fourth-order valence-electron chi connectivity index (χ4n) is 4.36. The zero-order valence-corrected chi connectivity index (χ0v) is 18.9. The lowest BCUT2D eigenvalue weighted by atomic mass is 9.94.